The van der Waals surface area contributed by atoms with Crippen LogP contribution in [0.5, 0.6) is 5.75 Å². The summed E-state index contributed by atoms with van der Waals surface area (Å²) in [5, 5.41) is 4.30. The highest BCUT2D eigenvalue weighted by atomic mass is 19.1. The van der Waals surface area contributed by atoms with Gasteiger partial charge in [0.25, 0.3) is 5.91 Å². The zero-order chi connectivity index (χ0) is 17.9. The molecule has 0 unspecified atom stereocenters. The molecule has 4 rings (SSSR count). The molecule has 0 radical (unpaired) electrons. The summed E-state index contributed by atoms with van der Waals surface area (Å²) < 4.78 is 18.7. The van der Waals surface area contributed by atoms with E-state index in [0.717, 1.165) is 24.1 Å². The lowest BCUT2D eigenvalue weighted by Gasteiger charge is -2.31. The van der Waals surface area contributed by atoms with Crippen molar-refractivity contribution in [3.63, 3.8) is 0 Å². The Morgan fingerprint density at radius 2 is 2.00 bits per heavy atom. The van der Waals surface area contributed by atoms with Crippen LogP contribution in [-0.4, -0.2) is 11.6 Å². The van der Waals surface area contributed by atoms with Gasteiger partial charge in [0.1, 0.15) is 18.2 Å². The van der Waals surface area contributed by atoms with Crippen LogP contribution in [0.25, 0.3) is 0 Å². The van der Waals surface area contributed by atoms with E-state index in [2.05, 4.69) is 22.7 Å². The van der Waals surface area contributed by atoms with Gasteiger partial charge >= 0.3 is 0 Å². The number of para-hydroxylation sites is 1. The lowest BCUT2D eigenvalue weighted by atomic mass is 9.74. The maximum atomic E-state index is 13.0. The highest BCUT2D eigenvalue weighted by molar-refractivity contribution is 5.99. The monoisotopic (exact) mass is 350 g/mol. The molecule has 0 aliphatic heterocycles. The SMILES string of the molecule is O=C(N/N=C1/C[C@H]2C=CC[C@H]12)c1ccccc1OCc1ccc(F)cc1. The number of nitrogens with one attached hydrogen (secondary N) is 1. The van der Waals surface area contributed by atoms with Crippen molar-refractivity contribution in [1.29, 1.82) is 0 Å². The van der Waals surface area contributed by atoms with Crippen LogP contribution in [0.2, 0.25) is 0 Å². The van der Waals surface area contributed by atoms with Crippen molar-refractivity contribution >= 4 is 11.6 Å². The molecule has 0 heterocycles. The summed E-state index contributed by atoms with van der Waals surface area (Å²) >= 11 is 0. The maximum absolute atomic E-state index is 13.0. The minimum atomic E-state index is -0.290. The smallest absolute Gasteiger partial charge is 0.275 e. The number of hydrogen-bond donors (Lipinski definition) is 1. The first-order valence-corrected chi connectivity index (χ1v) is 8.70. The Kier molecular flexibility index (Phi) is 4.52. The summed E-state index contributed by atoms with van der Waals surface area (Å²) in [6, 6.07) is 13.1. The number of benzene rings is 2. The minimum absolute atomic E-state index is 0.258. The first-order valence-electron chi connectivity index (χ1n) is 8.70. The number of fused-ring (bicyclic) bond motifs is 1. The van der Waals surface area contributed by atoms with Crippen LogP contribution >= 0.6 is 0 Å². The van der Waals surface area contributed by atoms with E-state index in [0.29, 0.717) is 23.1 Å². The van der Waals surface area contributed by atoms with Gasteiger partial charge in [0.15, 0.2) is 0 Å². The number of allylic oxidation sites excluding steroid dienone is 2. The van der Waals surface area contributed by atoms with Gasteiger partial charge in [-0.1, -0.05) is 36.4 Å². The zero-order valence-electron chi connectivity index (χ0n) is 14.2. The Morgan fingerprint density at radius 1 is 1.19 bits per heavy atom. The Bertz CT molecular complexity index is 874. The molecular formula is C21H19FN2O2. The van der Waals surface area contributed by atoms with E-state index in [1.54, 1.807) is 30.3 Å². The predicted molar refractivity (Wildman–Crippen MR) is 97.4 cm³/mol. The quantitative estimate of drug-likeness (QED) is 0.652. The van der Waals surface area contributed by atoms with Gasteiger partial charge in [-0.2, -0.15) is 5.10 Å². The van der Waals surface area contributed by atoms with Crippen molar-refractivity contribution in [3.8, 4) is 5.75 Å². The van der Waals surface area contributed by atoms with Crippen LogP contribution in [0.1, 0.15) is 28.8 Å². The molecule has 0 saturated heterocycles. The molecular weight excluding hydrogens is 331 g/mol. The normalized spacial score (nSPS) is 22.0. The molecule has 26 heavy (non-hydrogen) atoms. The number of carbonyl (C=O) groups is 1. The largest absolute Gasteiger partial charge is 0.488 e. The average molecular weight is 350 g/mol. The summed E-state index contributed by atoms with van der Waals surface area (Å²) in [6.45, 7) is 0.258. The number of ether oxygens (including phenoxy) is 1. The lowest BCUT2D eigenvalue weighted by molar-refractivity contribution is 0.0949. The van der Waals surface area contributed by atoms with Crippen molar-refractivity contribution in [2.75, 3.05) is 0 Å². The third-order valence-corrected chi connectivity index (χ3v) is 4.90. The fourth-order valence-electron chi connectivity index (χ4n) is 3.37. The molecule has 1 fully saturated rings. The van der Waals surface area contributed by atoms with Crippen LogP contribution < -0.4 is 10.2 Å². The van der Waals surface area contributed by atoms with Gasteiger partial charge in [-0.05, 0) is 48.6 Å². The summed E-state index contributed by atoms with van der Waals surface area (Å²) in [5.74, 6) is 0.950. The van der Waals surface area contributed by atoms with Gasteiger partial charge in [-0.15, -0.1) is 0 Å². The second-order valence-electron chi connectivity index (χ2n) is 6.59. The standard InChI is InChI=1S/C21H19FN2O2/c22-16-10-8-14(9-11-16)13-26-20-7-2-1-5-18(20)21(25)24-23-19-12-15-4-3-6-17(15)19/h1-5,7-11,15,17H,6,12-13H2,(H,24,25)/b23-19-/t15-,17+/m1/s1. The van der Waals surface area contributed by atoms with Crippen LogP contribution in [0.4, 0.5) is 4.39 Å². The van der Waals surface area contributed by atoms with E-state index >= 15 is 0 Å². The first-order chi connectivity index (χ1) is 12.7. The fourth-order valence-corrected chi connectivity index (χ4v) is 3.37. The van der Waals surface area contributed by atoms with Crippen molar-refractivity contribution in [2.45, 2.75) is 19.4 Å². The fraction of sp³-hybridized carbons (Fsp3) is 0.238. The maximum Gasteiger partial charge on any atom is 0.275 e. The molecule has 1 saturated carbocycles. The van der Waals surface area contributed by atoms with Crippen LogP contribution in [-0.2, 0) is 6.61 Å². The Labute approximate surface area is 151 Å². The summed E-state index contributed by atoms with van der Waals surface area (Å²) in [4.78, 5) is 12.5. The van der Waals surface area contributed by atoms with Gasteiger partial charge in [0, 0.05) is 11.6 Å². The number of carbonyl (C=O) groups excluding carboxylic acids is 1. The minimum Gasteiger partial charge on any atom is -0.488 e. The van der Waals surface area contributed by atoms with Crippen molar-refractivity contribution < 1.29 is 13.9 Å². The second-order valence-corrected chi connectivity index (χ2v) is 6.59. The molecule has 0 bridgehead atoms. The summed E-state index contributed by atoms with van der Waals surface area (Å²) in [5.41, 5.74) is 4.96. The number of nitrogens with zero attached hydrogens (tertiary/aromatic N) is 1. The van der Waals surface area contributed by atoms with E-state index in [9.17, 15) is 9.18 Å². The Balaban J connectivity index is 1.41. The summed E-state index contributed by atoms with van der Waals surface area (Å²) in [7, 11) is 0. The van der Waals surface area contributed by atoms with E-state index in [-0.39, 0.29) is 18.3 Å². The van der Waals surface area contributed by atoms with Gasteiger partial charge in [-0.25, -0.2) is 9.82 Å². The van der Waals surface area contributed by atoms with Gasteiger partial charge in [0.2, 0.25) is 0 Å². The van der Waals surface area contributed by atoms with Crippen molar-refractivity contribution in [3.05, 3.63) is 77.6 Å². The number of amides is 1. The third-order valence-electron chi connectivity index (χ3n) is 4.90. The lowest BCUT2D eigenvalue weighted by Crippen LogP contribution is -2.35. The van der Waals surface area contributed by atoms with E-state index in [1.807, 2.05) is 6.07 Å². The van der Waals surface area contributed by atoms with Crippen molar-refractivity contribution in [2.24, 2.45) is 16.9 Å². The van der Waals surface area contributed by atoms with Gasteiger partial charge in [-0.3, -0.25) is 4.79 Å². The zero-order valence-corrected chi connectivity index (χ0v) is 14.2. The molecule has 2 aromatic carbocycles. The molecule has 5 heteroatoms. The van der Waals surface area contributed by atoms with Crippen LogP contribution in [0.15, 0.2) is 65.8 Å². The van der Waals surface area contributed by atoms with E-state index in [4.69, 9.17) is 4.74 Å². The summed E-state index contributed by atoms with van der Waals surface area (Å²) in [6.07, 6.45) is 6.34. The molecule has 2 aliphatic rings. The predicted octanol–water partition coefficient (Wildman–Crippen LogP) is 4.09. The molecule has 2 aromatic rings. The average Bonchev–Trinajstić information content (AvgIpc) is 3.02. The van der Waals surface area contributed by atoms with E-state index < -0.39 is 0 Å². The number of hydrazone groups is 1. The first kappa shape index (κ1) is 16.5. The molecule has 2 aliphatic carbocycles. The number of halogens is 1. The molecule has 132 valence electrons. The topological polar surface area (TPSA) is 50.7 Å². The molecule has 1 N–H and O–H groups in total. The van der Waals surface area contributed by atoms with E-state index in [1.165, 1.54) is 12.1 Å². The molecule has 1 amide bonds. The molecule has 2 atom stereocenters. The molecule has 4 nitrogen and oxygen atoms in total. The number of rotatable bonds is 5. The molecule has 0 spiro atoms. The third kappa shape index (κ3) is 3.38. The number of hydrogen-bond acceptors (Lipinski definition) is 3. The van der Waals surface area contributed by atoms with Gasteiger partial charge < -0.3 is 4.74 Å². The molecule has 0 aromatic heterocycles. The van der Waals surface area contributed by atoms with Crippen LogP contribution in [0, 0.1) is 17.7 Å². The highest BCUT2D eigenvalue weighted by Gasteiger charge is 2.38. The van der Waals surface area contributed by atoms with Crippen molar-refractivity contribution in [1.82, 2.24) is 5.43 Å². The second kappa shape index (κ2) is 7.12. The van der Waals surface area contributed by atoms with Gasteiger partial charge in [0.05, 0.1) is 5.56 Å². The Morgan fingerprint density at radius 3 is 2.81 bits per heavy atom. The highest BCUT2D eigenvalue weighted by Crippen LogP contribution is 2.40. The Hall–Kier alpha value is -2.95. The van der Waals surface area contributed by atoms with Crippen LogP contribution in [0.3, 0.4) is 0 Å².